The van der Waals surface area contributed by atoms with Crippen LogP contribution in [0.25, 0.3) is 0 Å². The lowest BCUT2D eigenvalue weighted by Crippen LogP contribution is -2.40. The van der Waals surface area contributed by atoms with Crippen molar-refractivity contribution in [3.63, 3.8) is 0 Å². The van der Waals surface area contributed by atoms with Gasteiger partial charge in [-0.1, -0.05) is 25.7 Å². The second kappa shape index (κ2) is 8.75. The SMILES string of the molecule is NC(=NCCOc1ccc(C(F)(F)F)cn1)NC1CCCCCC1. The highest BCUT2D eigenvalue weighted by atomic mass is 19.4. The number of aliphatic imine (C=N–C) groups is 1. The van der Waals surface area contributed by atoms with Crippen LogP contribution in [-0.4, -0.2) is 30.1 Å². The van der Waals surface area contributed by atoms with Crippen LogP contribution in [0.3, 0.4) is 0 Å². The molecule has 3 N–H and O–H groups in total. The van der Waals surface area contributed by atoms with E-state index in [9.17, 15) is 13.2 Å². The number of guanidine groups is 1. The van der Waals surface area contributed by atoms with Crippen molar-refractivity contribution >= 4 is 5.96 Å². The molecule has 1 heterocycles. The number of pyridine rings is 1. The van der Waals surface area contributed by atoms with Gasteiger partial charge < -0.3 is 15.8 Å². The Hall–Kier alpha value is -1.99. The van der Waals surface area contributed by atoms with Crippen molar-refractivity contribution < 1.29 is 17.9 Å². The molecule has 0 aromatic carbocycles. The van der Waals surface area contributed by atoms with Crippen molar-refractivity contribution in [3.8, 4) is 5.88 Å². The number of halogens is 3. The summed E-state index contributed by atoms with van der Waals surface area (Å²) in [6.07, 6.45) is 3.49. The number of alkyl halides is 3. The molecule has 1 aliphatic rings. The Labute approximate surface area is 139 Å². The summed E-state index contributed by atoms with van der Waals surface area (Å²) in [4.78, 5) is 7.80. The third-order valence-electron chi connectivity index (χ3n) is 3.89. The molecule has 0 spiro atoms. The van der Waals surface area contributed by atoms with E-state index in [1.54, 1.807) is 0 Å². The van der Waals surface area contributed by atoms with Gasteiger partial charge in [0.15, 0.2) is 5.96 Å². The van der Waals surface area contributed by atoms with Gasteiger partial charge in [-0.15, -0.1) is 0 Å². The van der Waals surface area contributed by atoms with Gasteiger partial charge in [-0.05, 0) is 18.9 Å². The number of nitrogens with zero attached hydrogens (tertiary/aromatic N) is 2. The first kappa shape index (κ1) is 18.4. The average Bonchev–Trinajstić information content (AvgIpc) is 2.80. The Morgan fingerprint density at radius 2 is 1.96 bits per heavy atom. The van der Waals surface area contributed by atoms with Crippen molar-refractivity contribution in [2.24, 2.45) is 10.7 Å². The Morgan fingerprint density at radius 1 is 1.25 bits per heavy atom. The minimum absolute atomic E-state index is 0.133. The molecular formula is C16H23F3N4O. The van der Waals surface area contributed by atoms with Gasteiger partial charge >= 0.3 is 6.18 Å². The summed E-state index contributed by atoms with van der Waals surface area (Å²) in [5.74, 6) is 0.513. The van der Waals surface area contributed by atoms with Crippen molar-refractivity contribution in [2.45, 2.75) is 50.7 Å². The number of ether oxygens (including phenoxy) is 1. The van der Waals surface area contributed by atoms with Gasteiger partial charge in [0.05, 0.1) is 12.1 Å². The molecule has 0 atom stereocenters. The average molecular weight is 344 g/mol. The quantitative estimate of drug-likeness (QED) is 0.373. The van der Waals surface area contributed by atoms with Crippen molar-refractivity contribution in [2.75, 3.05) is 13.2 Å². The van der Waals surface area contributed by atoms with E-state index >= 15 is 0 Å². The summed E-state index contributed by atoms with van der Waals surface area (Å²) in [6, 6.07) is 2.50. The molecule has 0 amide bonds. The first-order chi connectivity index (χ1) is 11.4. The van der Waals surface area contributed by atoms with Crippen LogP contribution in [-0.2, 0) is 6.18 Å². The zero-order chi connectivity index (χ0) is 17.4. The zero-order valence-corrected chi connectivity index (χ0v) is 13.5. The normalized spacial score (nSPS) is 17.4. The van der Waals surface area contributed by atoms with E-state index in [1.165, 1.54) is 31.7 Å². The molecule has 1 aromatic heterocycles. The van der Waals surface area contributed by atoms with Crippen LogP contribution >= 0.6 is 0 Å². The van der Waals surface area contributed by atoms with Crippen LogP contribution in [0.4, 0.5) is 13.2 Å². The maximum atomic E-state index is 12.4. The molecule has 8 heteroatoms. The fourth-order valence-corrected chi connectivity index (χ4v) is 2.63. The minimum atomic E-state index is -4.39. The Morgan fingerprint density at radius 3 is 2.54 bits per heavy atom. The zero-order valence-electron chi connectivity index (χ0n) is 13.5. The third-order valence-corrected chi connectivity index (χ3v) is 3.89. The molecule has 0 bridgehead atoms. The van der Waals surface area contributed by atoms with E-state index in [4.69, 9.17) is 10.5 Å². The van der Waals surface area contributed by atoms with Crippen LogP contribution in [0.2, 0.25) is 0 Å². The molecule has 1 aromatic rings. The summed E-state index contributed by atoms with van der Waals surface area (Å²) in [6.45, 7) is 0.514. The summed E-state index contributed by atoms with van der Waals surface area (Å²) < 4.78 is 42.5. The van der Waals surface area contributed by atoms with E-state index in [0.29, 0.717) is 18.5 Å². The van der Waals surface area contributed by atoms with Gasteiger partial charge in [-0.25, -0.2) is 9.98 Å². The first-order valence-electron chi connectivity index (χ1n) is 8.17. The summed E-state index contributed by atoms with van der Waals surface area (Å²) >= 11 is 0. The van der Waals surface area contributed by atoms with E-state index in [1.807, 2.05) is 0 Å². The van der Waals surface area contributed by atoms with Crippen molar-refractivity contribution in [1.29, 1.82) is 0 Å². The van der Waals surface area contributed by atoms with Gasteiger partial charge in [0.25, 0.3) is 0 Å². The van der Waals surface area contributed by atoms with Crippen LogP contribution < -0.4 is 15.8 Å². The number of rotatable bonds is 5. The van der Waals surface area contributed by atoms with E-state index in [-0.39, 0.29) is 12.5 Å². The summed E-state index contributed by atoms with van der Waals surface area (Å²) in [5.41, 5.74) is 5.04. The molecule has 0 unspecified atom stereocenters. The molecule has 1 fully saturated rings. The maximum absolute atomic E-state index is 12.4. The maximum Gasteiger partial charge on any atom is 0.417 e. The Kier molecular flexibility index (Phi) is 6.69. The number of aromatic nitrogens is 1. The van der Waals surface area contributed by atoms with Crippen LogP contribution in [0, 0.1) is 0 Å². The summed E-state index contributed by atoms with van der Waals surface area (Å²) in [5, 5.41) is 3.21. The molecule has 1 saturated carbocycles. The lowest BCUT2D eigenvalue weighted by molar-refractivity contribution is -0.137. The number of nitrogens with one attached hydrogen (secondary N) is 1. The Bertz CT molecular complexity index is 523. The third kappa shape index (κ3) is 6.25. The highest BCUT2D eigenvalue weighted by molar-refractivity contribution is 5.78. The van der Waals surface area contributed by atoms with Crippen molar-refractivity contribution in [3.05, 3.63) is 23.9 Å². The second-order valence-corrected chi connectivity index (χ2v) is 5.83. The van der Waals surface area contributed by atoms with Crippen LogP contribution in [0.1, 0.15) is 44.1 Å². The molecule has 0 aliphatic heterocycles. The minimum Gasteiger partial charge on any atom is -0.476 e. The van der Waals surface area contributed by atoms with Crippen LogP contribution in [0.15, 0.2) is 23.3 Å². The predicted molar refractivity (Wildman–Crippen MR) is 85.8 cm³/mol. The first-order valence-corrected chi connectivity index (χ1v) is 8.17. The van der Waals surface area contributed by atoms with E-state index in [0.717, 1.165) is 25.1 Å². The largest absolute Gasteiger partial charge is 0.476 e. The van der Waals surface area contributed by atoms with Gasteiger partial charge in [0.1, 0.15) is 6.61 Å². The van der Waals surface area contributed by atoms with Gasteiger partial charge in [-0.3, -0.25) is 0 Å². The number of nitrogens with two attached hydrogens (primary N) is 1. The molecular weight excluding hydrogens is 321 g/mol. The fraction of sp³-hybridized carbons (Fsp3) is 0.625. The monoisotopic (exact) mass is 344 g/mol. The topological polar surface area (TPSA) is 72.5 Å². The smallest absolute Gasteiger partial charge is 0.417 e. The highest BCUT2D eigenvalue weighted by Crippen LogP contribution is 2.29. The standard InChI is InChI=1S/C16H23F3N4O/c17-16(18,19)12-7-8-14(22-11-12)24-10-9-21-15(20)23-13-5-3-1-2-4-6-13/h7-8,11,13H,1-6,9-10H2,(H3,20,21,23). The van der Waals surface area contributed by atoms with Crippen molar-refractivity contribution in [1.82, 2.24) is 10.3 Å². The molecule has 134 valence electrons. The molecule has 24 heavy (non-hydrogen) atoms. The van der Waals surface area contributed by atoms with Gasteiger partial charge in [0, 0.05) is 18.3 Å². The van der Waals surface area contributed by atoms with E-state index < -0.39 is 11.7 Å². The molecule has 0 radical (unpaired) electrons. The van der Waals surface area contributed by atoms with Crippen LogP contribution in [0.5, 0.6) is 5.88 Å². The van der Waals surface area contributed by atoms with Gasteiger partial charge in [0.2, 0.25) is 5.88 Å². The highest BCUT2D eigenvalue weighted by Gasteiger charge is 2.30. The molecule has 5 nitrogen and oxygen atoms in total. The van der Waals surface area contributed by atoms with E-state index in [2.05, 4.69) is 15.3 Å². The molecule has 1 aliphatic carbocycles. The predicted octanol–water partition coefficient (Wildman–Crippen LogP) is 3.11. The number of hydrogen-bond donors (Lipinski definition) is 2. The summed E-state index contributed by atoms with van der Waals surface area (Å²) in [7, 11) is 0. The van der Waals surface area contributed by atoms with Gasteiger partial charge in [-0.2, -0.15) is 13.2 Å². The number of hydrogen-bond acceptors (Lipinski definition) is 3. The lowest BCUT2D eigenvalue weighted by Gasteiger charge is -2.16. The second-order valence-electron chi connectivity index (χ2n) is 5.83. The fourth-order valence-electron chi connectivity index (χ4n) is 2.63. The molecule has 2 rings (SSSR count). The lowest BCUT2D eigenvalue weighted by atomic mass is 10.1. The Balaban J connectivity index is 1.71. The molecule has 0 saturated heterocycles.